The van der Waals surface area contributed by atoms with Crippen LogP contribution in [0.3, 0.4) is 0 Å². The van der Waals surface area contributed by atoms with Gasteiger partial charge in [-0.1, -0.05) is 6.07 Å². The molecular weight excluding hydrogens is 342 g/mol. The van der Waals surface area contributed by atoms with Crippen LogP contribution in [0.1, 0.15) is 18.9 Å². The molecule has 0 aliphatic carbocycles. The van der Waals surface area contributed by atoms with Crippen LogP contribution in [0.4, 0.5) is 20.2 Å². The molecule has 0 fully saturated rings. The number of anilines is 2. The number of carbonyl (C=O) groups excluding carboxylic acids is 2. The summed E-state index contributed by atoms with van der Waals surface area (Å²) in [5.74, 6) is -2.24. The van der Waals surface area contributed by atoms with Crippen LogP contribution >= 0.6 is 0 Å². The van der Waals surface area contributed by atoms with Crippen LogP contribution in [0.15, 0.2) is 36.4 Å². The van der Waals surface area contributed by atoms with Crippen molar-refractivity contribution in [3.8, 4) is 5.75 Å². The van der Waals surface area contributed by atoms with E-state index in [9.17, 15) is 18.4 Å². The summed E-state index contributed by atoms with van der Waals surface area (Å²) < 4.78 is 31.7. The number of nitrogens with one attached hydrogen (secondary N) is 1. The number of nitrogens with zero attached hydrogens (tertiary/aromatic N) is 1. The van der Waals surface area contributed by atoms with Crippen LogP contribution in [0.5, 0.6) is 5.75 Å². The van der Waals surface area contributed by atoms with Crippen LogP contribution in [0, 0.1) is 18.6 Å². The van der Waals surface area contributed by atoms with Gasteiger partial charge in [0.15, 0.2) is 11.6 Å². The van der Waals surface area contributed by atoms with Crippen molar-refractivity contribution in [2.45, 2.75) is 20.3 Å². The monoisotopic (exact) mass is 362 g/mol. The third-order valence-electron chi connectivity index (χ3n) is 3.79. The first kappa shape index (κ1) is 19.4. The highest BCUT2D eigenvalue weighted by Gasteiger charge is 2.16. The Kier molecular flexibility index (Phi) is 6.27. The zero-order chi connectivity index (χ0) is 19.3. The molecule has 0 radical (unpaired) electrons. The number of hydrogen-bond acceptors (Lipinski definition) is 3. The third kappa shape index (κ3) is 4.78. The van der Waals surface area contributed by atoms with E-state index >= 15 is 0 Å². The van der Waals surface area contributed by atoms with Gasteiger partial charge in [-0.05, 0) is 36.8 Å². The second-order valence-electron chi connectivity index (χ2n) is 5.77. The van der Waals surface area contributed by atoms with Gasteiger partial charge in [0.2, 0.25) is 11.8 Å². The molecule has 0 spiro atoms. The summed E-state index contributed by atoms with van der Waals surface area (Å²) in [6.07, 6.45) is -0.0182. The molecule has 0 aromatic heterocycles. The summed E-state index contributed by atoms with van der Waals surface area (Å²) in [5, 5.41) is 2.73. The number of amides is 2. The molecule has 0 saturated heterocycles. The molecule has 0 bridgehead atoms. The fourth-order valence-electron chi connectivity index (χ4n) is 2.47. The minimum atomic E-state index is -1.05. The fraction of sp³-hybridized carbons (Fsp3) is 0.263. The van der Waals surface area contributed by atoms with E-state index in [1.807, 2.05) is 13.0 Å². The maximum absolute atomic E-state index is 13.4. The van der Waals surface area contributed by atoms with Gasteiger partial charge in [0.05, 0.1) is 12.8 Å². The Hall–Kier alpha value is -2.96. The Morgan fingerprint density at radius 3 is 2.46 bits per heavy atom. The van der Waals surface area contributed by atoms with Crippen molar-refractivity contribution >= 4 is 23.2 Å². The molecule has 0 unspecified atom stereocenters. The quantitative estimate of drug-likeness (QED) is 0.853. The molecular formula is C19H20F2N2O3. The van der Waals surface area contributed by atoms with E-state index in [2.05, 4.69) is 5.32 Å². The maximum atomic E-state index is 13.4. The number of rotatable bonds is 6. The lowest BCUT2D eigenvalue weighted by atomic mass is 10.2. The summed E-state index contributed by atoms with van der Waals surface area (Å²) in [6.45, 7) is 3.21. The SMILES string of the molecule is COc1ccc(C)cc1NC(=O)CCN(C(C)=O)c1ccc(F)c(F)c1. The highest BCUT2D eigenvalue weighted by molar-refractivity contribution is 5.95. The van der Waals surface area contributed by atoms with Gasteiger partial charge in [-0.15, -0.1) is 0 Å². The lowest BCUT2D eigenvalue weighted by molar-refractivity contribution is -0.117. The Morgan fingerprint density at radius 1 is 1.12 bits per heavy atom. The van der Waals surface area contributed by atoms with Crippen molar-refractivity contribution in [1.29, 1.82) is 0 Å². The molecule has 7 heteroatoms. The van der Waals surface area contributed by atoms with Crippen LogP contribution in [0.25, 0.3) is 0 Å². The fourth-order valence-corrected chi connectivity index (χ4v) is 2.47. The van der Waals surface area contributed by atoms with Crippen LogP contribution in [-0.4, -0.2) is 25.5 Å². The van der Waals surface area contributed by atoms with Gasteiger partial charge in [-0.25, -0.2) is 8.78 Å². The molecule has 2 rings (SSSR count). The summed E-state index contributed by atoms with van der Waals surface area (Å²) in [6, 6.07) is 8.54. The molecule has 0 saturated carbocycles. The normalized spacial score (nSPS) is 10.3. The molecule has 0 aliphatic heterocycles. The molecule has 2 aromatic rings. The summed E-state index contributed by atoms with van der Waals surface area (Å²) in [4.78, 5) is 25.3. The average Bonchev–Trinajstić information content (AvgIpc) is 2.58. The highest BCUT2D eigenvalue weighted by atomic mass is 19.2. The summed E-state index contributed by atoms with van der Waals surface area (Å²) >= 11 is 0. The Morgan fingerprint density at radius 2 is 1.85 bits per heavy atom. The van der Waals surface area contributed by atoms with Crippen molar-refractivity contribution in [3.63, 3.8) is 0 Å². The summed E-state index contributed by atoms with van der Waals surface area (Å²) in [7, 11) is 1.50. The van der Waals surface area contributed by atoms with Crippen molar-refractivity contribution in [3.05, 3.63) is 53.6 Å². The van der Waals surface area contributed by atoms with E-state index in [1.54, 1.807) is 12.1 Å². The third-order valence-corrected chi connectivity index (χ3v) is 3.79. The molecule has 2 amide bonds. The number of halogens is 2. The molecule has 138 valence electrons. The first-order valence-electron chi connectivity index (χ1n) is 7.99. The first-order valence-corrected chi connectivity index (χ1v) is 7.99. The molecule has 1 N–H and O–H groups in total. The topological polar surface area (TPSA) is 58.6 Å². The van der Waals surface area contributed by atoms with Gasteiger partial charge in [0.25, 0.3) is 0 Å². The first-order chi connectivity index (χ1) is 12.3. The zero-order valence-electron chi connectivity index (χ0n) is 14.8. The predicted molar refractivity (Wildman–Crippen MR) is 95.4 cm³/mol. The van der Waals surface area contributed by atoms with E-state index in [1.165, 1.54) is 25.0 Å². The smallest absolute Gasteiger partial charge is 0.226 e. The number of aryl methyl sites for hydroxylation is 1. The van der Waals surface area contributed by atoms with E-state index in [0.717, 1.165) is 17.7 Å². The zero-order valence-corrected chi connectivity index (χ0v) is 14.8. The van der Waals surface area contributed by atoms with Gasteiger partial charge in [0, 0.05) is 31.6 Å². The number of methoxy groups -OCH3 is 1. The second kappa shape index (κ2) is 8.42. The lowest BCUT2D eigenvalue weighted by Crippen LogP contribution is -2.32. The Bertz CT molecular complexity index is 824. The molecule has 0 atom stereocenters. The van der Waals surface area contributed by atoms with Gasteiger partial charge in [-0.2, -0.15) is 0 Å². The van der Waals surface area contributed by atoms with E-state index < -0.39 is 11.6 Å². The minimum absolute atomic E-state index is 0.0182. The van der Waals surface area contributed by atoms with Crippen molar-refractivity contribution in [2.75, 3.05) is 23.9 Å². The lowest BCUT2D eigenvalue weighted by Gasteiger charge is -2.21. The Labute approximate surface area is 150 Å². The maximum Gasteiger partial charge on any atom is 0.226 e. The molecule has 26 heavy (non-hydrogen) atoms. The largest absolute Gasteiger partial charge is 0.495 e. The van der Waals surface area contributed by atoms with Gasteiger partial charge >= 0.3 is 0 Å². The van der Waals surface area contributed by atoms with Gasteiger partial charge < -0.3 is 15.0 Å². The van der Waals surface area contributed by atoms with Crippen LogP contribution < -0.4 is 15.0 Å². The van der Waals surface area contributed by atoms with Crippen LogP contribution in [0.2, 0.25) is 0 Å². The number of carbonyl (C=O) groups is 2. The number of hydrogen-bond donors (Lipinski definition) is 1. The summed E-state index contributed by atoms with van der Waals surface area (Å²) in [5.41, 5.74) is 1.67. The average molecular weight is 362 g/mol. The molecule has 0 aliphatic rings. The van der Waals surface area contributed by atoms with Crippen molar-refractivity contribution in [2.24, 2.45) is 0 Å². The predicted octanol–water partition coefficient (Wildman–Crippen LogP) is 3.66. The standard InChI is InChI=1S/C19H20F2N2O3/c1-12-4-7-18(26-3)17(10-12)22-19(25)8-9-23(13(2)24)14-5-6-15(20)16(21)11-14/h4-7,10-11H,8-9H2,1-3H3,(H,22,25). The van der Waals surface area contributed by atoms with E-state index in [0.29, 0.717) is 11.4 Å². The van der Waals surface area contributed by atoms with Crippen LogP contribution in [-0.2, 0) is 9.59 Å². The van der Waals surface area contributed by atoms with Gasteiger partial charge in [0.1, 0.15) is 5.75 Å². The molecule has 2 aromatic carbocycles. The van der Waals surface area contributed by atoms with E-state index in [-0.39, 0.29) is 30.5 Å². The Balaban J connectivity index is 2.07. The van der Waals surface area contributed by atoms with E-state index in [4.69, 9.17) is 4.74 Å². The van der Waals surface area contributed by atoms with Crippen molar-refractivity contribution < 1.29 is 23.1 Å². The number of benzene rings is 2. The van der Waals surface area contributed by atoms with Gasteiger partial charge in [-0.3, -0.25) is 9.59 Å². The second-order valence-corrected chi connectivity index (χ2v) is 5.77. The highest BCUT2D eigenvalue weighted by Crippen LogP contribution is 2.25. The minimum Gasteiger partial charge on any atom is -0.495 e. The molecule has 0 heterocycles. The number of ether oxygens (including phenoxy) is 1. The van der Waals surface area contributed by atoms with Crippen molar-refractivity contribution in [1.82, 2.24) is 0 Å². The molecule has 5 nitrogen and oxygen atoms in total.